The molecule has 24 heavy (non-hydrogen) atoms. The molecule has 0 bridgehead atoms. The molecule has 134 valence electrons. The molecule has 0 aliphatic carbocycles. The highest BCUT2D eigenvalue weighted by Crippen LogP contribution is 2.36. The molecule has 4 atom stereocenters. The van der Waals surface area contributed by atoms with Crippen molar-refractivity contribution in [1.82, 2.24) is 10.6 Å². The van der Waals surface area contributed by atoms with Crippen LogP contribution in [0, 0.1) is 17.8 Å². The summed E-state index contributed by atoms with van der Waals surface area (Å²) in [5, 5.41) is 4.41. The lowest BCUT2D eigenvalue weighted by Crippen LogP contribution is -2.56. The number of hydrogen-bond acceptors (Lipinski definition) is 5. The minimum Gasteiger partial charge on any atom is -0.373 e. The van der Waals surface area contributed by atoms with Gasteiger partial charge in [0.2, 0.25) is 11.8 Å². The van der Waals surface area contributed by atoms with Gasteiger partial charge in [-0.2, -0.15) is 0 Å². The van der Waals surface area contributed by atoms with Crippen molar-refractivity contribution in [2.45, 2.75) is 57.7 Å². The Morgan fingerprint density at radius 2 is 1.58 bits per heavy atom. The van der Waals surface area contributed by atoms with Crippen LogP contribution in [0.1, 0.15) is 45.4 Å². The molecule has 7 nitrogen and oxygen atoms in total. The lowest BCUT2D eigenvalue weighted by molar-refractivity contribution is -0.136. The van der Waals surface area contributed by atoms with Crippen LogP contribution in [-0.4, -0.2) is 43.3 Å². The Morgan fingerprint density at radius 3 is 2.12 bits per heavy atom. The highest BCUT2D eigenvalue weighted by molar-refractivity contribution is 6.16. The van der Waals surface area contributed by atoms with Crippen molar-refractivity contribution in [3.63, 3.8) is 0 Å². The minimum absolute atomic E-state index is 0.242. The molecular weight excluding hydrogens is 312 g/mol. The number of epoxide rings is 2. The van der Waals surface area contributed by atoms with Crippen molar-refractivity contribution in [2.75, 3.05) is 13.2 Å². The summed E-state index contributed by atoms with van der Waals surface area (Å²) in [7, 11) is 0. The highest BCUT2D eigenvalue weighted by Gasteiger charge is 2.40. The maximum absolute atomic E-state index is 12.1. The highest BCUT2D eigenvalue weighted by atomic mass is 16.6. The van der Waals surface area contributed by atoms with Crippen LogP contribution in [0.5, 0.6) is 0 Å². The van der Waals surface area contributed by atoms with Crippen LogP contribution in [0.25, 0.3) is 0 Å². The molecule has 0 spiro atoms. The number of carbonyl (C=O) groups is 3. The van der Waals surface area contributed by atoms with Gasteiger partial charge in [-0.25, -0.2) is 4.79 Å². The predicted octanol–water partition coefficient (Wildman–Crippen LogP) is 1.36. The number of carbonyl (C=O) groups excluding carboxylic acids is 3. The van der Waals surface area contributed by atoms with Gasteiger partial charge in [0.15, 0.2) is 0 Å². The molecule has 2 N–H and O–H groups in total. The van der Waals surface area contributed by atoms with Gasteiger partial charge in [0.1, 0.15) is 5.92 Å². The van der Waals surface area contributed by atoms with Crippen LogP contribution in [-0.2, 0) is 19.1 Å². The van der Waals surface area contributed by atoms with Gasteiger partial charge in [0.05, 0.1) is 25.4 Å². The van der Waals surface area contributed by atoms with Crippen LogP contribution >= 0.6 is 0 Å². The standard InChI is InChI=1S/C17H26N2O5/c1-2-3-10(4-5-12-8-23-12)11(6-13-9-24-13)7-14-15(20)18-17(22)19-16(14)21/h10-14H,2-9H2,1H3,(H2,18,19,20,21,22). The second kappa shape index (κ2) is 7.61. The van der Waals surface area contributed by atoms with Gasteiger partial charge in [-0.3, -0.25) is 20.2 Å². The van der Waals surface area contributed by atoms with E-state index in [4.69, 9.17) is 9.47 Å². The van der Waals surface area contributed by atoms with Gasteiger partial charge in [-0.1, -0.05) is 19.8 Å². The van der Waals surface area contributed by atoms with Crippen LogP contribution in [0.2, 0.25) is 0 Å². The zero-order valence-electron chi connectivity index (χ0n) is 14.1. The van der Waals surface area contributed by atoms with E-state index >= 15 is 0 Å². The van der Waals surface area contributed by atoms with E-state index in [-0.39, 0.29) is 12.0 Å². The zero-order valence-corrected chi connectivity index (χ0v) is 14.1. The maximum Gasteiger partial charge on any atom is 0.328 e. The van der Waals surface area contributed by atoms with E-state index in [0.717, 1.165) is 45.3 Å². The second-order valence-electron chi connectivity index (χ2n) is 7.13. The second-order valence-corrected chi connectivity index (χ2v) is 7.13. The molecular formula is C17H26N2O5. The van der Waals surface area contributed by atoms with Gasteiger partial charge in [-0.05, 0) is 37.5 Å². The molecule has 0 aromatic rings. The van der Waals surface area contributed by atoms with E-state index in [1.54, 1.807) is 0 Å². The predicted molar refractivity (Wildman–Crippen MR) is 85.0 cm³/mol. The molecule has 3 fully saturated rings. The molecule has 0 aromatic heterocycles. The lowest BCUT2D eigenvalue weighted by Gasteiger charge is -2.30. The van der Waals surface area contributed by atoms with Gasteiger partial charge in [0, 0.05) is 0 Å². The fourth-order valence-corrected chi connectivity index (χ4v) is 3.71. The largest absolute Gasteiger partial charge is 0.373 e. The summed E-state index contributed by atoms with van der Waals surface area (Å²) in [6.07, 6.45) is 6.21. The van der Waals surface area contributed by atoms with Crippen LogP contribution < -0.4 is 10.6 Å². The summed E-state index contributed by atoms with van der Waals surface area (Å²) in [6.45, 7) is 3.78. The Bertz CT molecular complexity index is 481. The van der Waals surface area contributed by atoms with Crippen molar-refractivity contribution in [3.05, 3.63) is 0 Å². The fourth-order valence-electron chi connectivity index (χ4n) is 3.71. The number of nitrogens with one attached hydrogen (secondary N) is 2. The van der Waals surface area contributed by atoms with Crippen molar-refractivity contribution in [3.8, 4) is 0 Å². The van der Waals surface area contributed by atoms with Gasteiger partial charge >= 0.3 is 6.03 Å². The number of barbiturate groups is 1. The summed E-state index contributed by atoms with van der Waals surface area (Å²) in [5.74, 6) is -1.06. The number of hydrogen-bond donors (Lipinski definition) is 2. The average molecular weight is 338 g/mol. The normalized spacial score (nSPS) is 29.0. The van der Waals surface area contributed by atoms with E-state index in [1.807, 2.05) is 0 Å². The first-order valence-corrected chi connectivity index (χ1v) is 8.95. The average Bonchev–Trinajstić information content (AvgIpc) is 3.41. The fraction of sp³-hybridized carbons (Fsp3) is 0.824. The topological polar surface area (TPSA) is 100 Å². The summed E-state index contributed by atoms with van der Waals surface area (Å²) < 4.78 is 10.7. The Hall–Kier alpha value is -1.47. The number of ether oxygens (including phenoxy) is 2. The molecule has 3 heterocycles. The molecule has 3 rings (SSSR count). The maximum atomic E-state index is 12.1. The Labute approximate surface area is 141 Å². The third-order valence-electron chi connectivity index (χ3n) is 5.20. The number of urea groups is 1. The first kappa shape index (κ1) is 17.4. The molecule has 7 heteroatoms. The van der Waals surface area contributed by atoms with E-state index in [9.17, 15) is 14.4 Å². The lowest BCUT2D eigenvalue weighted by atomic mass is 9.76. The Kier molecular flexibility index (Phi) is 5.50. The van der Waals surface area contributed by atoms with Crippen molar-refractivity contribution in [1.29, 1.82) is 0 Å². The third kappa shape index (κ3) is 4.77. The van der Waals surface area contributed by atoms with Crippen molar-refractivity contribution < 1.29 is 23.9 Å². The smallest absolute Gasteiger partial charge is 0.328 e. The minimum atomic E-state index is -0.789. The van der Waals surface area contributed by atoms with Crippen LogP contribution in [0.3, 0.4) is 0 Å². The van der Waals surface area contributed by atoms with Crippen LogP contribution in [0.15, 0.2) is 0 Å². The van der Waals surface area contributed by atoms with Gasteiger partial charge in [-0.15, -0.1) is 0 Å². The number of rotatable bonds is 10. The van der Waals surface area contributed by atoms with E-state index < -0.39 is 23.8 Å². The summed E-state index contributed by atoms with van der Waals surface area (Å²) >= 11 is 0. The molecule has 3 saturated heterocycles. The first-order valence-electron chi connectivity index (χ1n) is 8.95. The number of imide groups is 2. The summed E-state index contributed by atoms with van der Waals surface area (Å²) in [4.78, 5) is 35.4. The van der Waals surface area contributed by atoms with E-state index in [2.05, 4.69) is 17.6 Å². The molecule has 4 amide bonds. The quantitative estimate of drug-likeness (QED) is 0.463. The molecule has 3 aliphatic heterocycles. The number of amides is 4. The third-order valence-corrected chi connectivity index (χ3v) is 5.20. The van der Waals surface area contributed by atoms with Gasteiger partial charge in [0.25, 0.3) is 0 Å². The molecule has 0 radical (unpaired) electrons. The Morgan fingerprint density at radius 1 is 0.958 bits per heavy atom. The zero-order chi connectivity index (χ0) is 17.1. The van der Waals surface area contributed by atoms with Crippen LogP contribution in [0.4, 0.5) is 4.79 Å². The van der Waals surface area contributed by atoms with E-state index in [0.29, 0.717) is 18.4 Å². The van der Waals surface area contributed by atoms with Gasteiger partial charge < -0.3 is 9.47 Å². The molecule has 3 aliphatic rings. The molecule has 0 aromatic carbocycles. The van der Waals surface area contributed by atoms with Crippen molar-refractivity contribution >= 4 is 17.8 Å². The van der Waals surface area contributed by atoms with Crippen molar-refractivity contribution in [2.24, 2.45) is 17.8 Å². The molecule has 0 saturated carbocycles. The summed E-state index contributed by atoms with van der Waals surface area (Å²) in [5.41, 5.74) is 0. The molecule has 4 unspecified atom stereocenters. The van der Waals surface area contributed by atoms with E-state index in [1.165, 1.54) is 0 Å². The SMILES string of the molecule is CCCC(CCC1CO1)C(CC1CO1)CC1C(=O)NC(=O)NC1=O. The monoisotopic (exact) mass is 338 g/mol. The summed E-state index contributed by atoms with van der Waals surface area (Å²) in [6, 6.07) is -0.723. The Balaban J connectivity index is 1.65. The first-order chi connectivity index (χ1) is 11.6.